The van der Waals surface area contributed by atoms with Gasteiger partial charge in [0.05, 0.1) is 11.9 Å². The van der Waals surface area contributed by atoms with Gasteiger partial charge in [-0.1, -0.05) is 12.1 Å². The van der Waals surface area contributed by atoms with Crippen LogP contribution in [-0.4, -0.2) is 20.0 Å². The molecule has 0 aliphatic carbocycles. The molecule has 0 saturated heterocycles. The van der Waals surface area contributed by atoms with E-state index in [9.17, 15) is 4.79 Å². The molecule has 2 aromatic heterocycles. The first-order chi connectivity index (χ1) is 10.1. The molecule has 3 rings (SSSR count). The van der Waals surface area contributed by atoms with Crippen LogP contribution in [0.4, 0.5) is 5.69 Å². The van der Waals surface area contributed by atoms with Crippen molar-refractivity contribution in [3.05, 3.63) is 58.1 Å². The maximum Gasteiger partial charge on any atom is 0.264 e. The van der Waals surface area contributed by atoms with Crippen molar-refractivity contribution in [2.75, 3.05) is 5.32 Å². The Bertz CT molecular complexity index is 794. The lowest BCUT2D eigenvalue weighted by atomic mass is 10.1. The van der Waals surface area contributed by atoms with Crippen LogP contribution >= 0.6 is 0 Å². The Morgan fingerprint density at radius 3 is 2.57 bits per heavy atom. The van der Waals surface area contributed by atoms with E-state index >= 15 is 0 Å². The van der Waals surface area contributed by atoms with Gasteiger partial charge < -0.3 is 5.32 Å². The summed E-state index contributed by atoms with van der Waals surface area (Å²) in [4.78, 5) is 11.1. The van der Waals surface area contributed by atoms with E-state index in [2.05, 4.69) is 27.5 Å². The zero-order chi connectivity index (χ0) is 14.8. The number of rotatable bonds is 4. The minimum Gasteiger partial charge on any atom is -0.381 e. The Labute approximate surface area is 121 Å². The molecule has 0 spiro atoms. The SMILES string of the molecule is Cc1c(CNc2ccc(-c3cc(=O)[nH][nH]3)cc2)cnn1C. The van der Waals surface area contributed by atoms with E-state index in [0.717, 1.165) is 29.2 Å². The van der Waals surface area contributed by atoms with Crippen LogP contribution in [0.25, 0.3) is 11.3 Å². The summed E-state index contributed by atoms with van der Waals surface area (Å²) >= 11 is 0. The summed E-state index contributed by atoms with van der Waals surface area (Å²) in [5.41, 5.74) is 4.99. The van der Waals surface area contributed by atoms with Crippen molar-refractivity contribution in [2.45, 2.75) is 13.5 Å². The van der Waals surface area contributed by atoms with Crippen LogP contribution < -0.4 is 10.9 Å². The van der Waals surface area contributed by atoms with Crippen molar-refractivity contribution in [1.29, 1.82) is 0 Å². The van der Waals surface area contributed by atoms with Crippen LogP contribution in [0.15, 0.2) is 41.3 Å². The smallest absolute Gasteiger partial charge is 0.264 e. The second kappa shape index (κ2) is 5.32. The van der Waals surface area contributed by atoms with Gasteiger partial charge in [0.2, 0.25) is 0 Å². The highest BCUT2D eigenvalue weighted by atomic mass is 16.1. The van der Waals surface area contributed by atoms with Crippen molar-refractivity contribution in [2.24, 2.45) is 7.05 Å². The maximum absolute atomic E-state index is 11.1. The Morgan fingerprint density at radius 1 is 1.24 bits per heavy atom. The van der Waals surface area contributed by atoms with E-state index < -0.39 is 0 Å². The van der Waals surface area contributed by atoms with Crippen molar-refractivity contribution in [1.82, 2.24) is 20.0 Å². The number of hydrogen-bond acceptors (Lipinski definition) is 3. The maximum atomic E-state index is 11.1. The summed E-state index contributed by atoms with van der Waals surface area (Å²) in [5.74, 6) is 0. The molecule has 3 aromatic rings. The predicted molar refractivity (Wildman–Crippen MR) is 82.1 cm³/mol. The van der Waals surface area contributed by atoms with E-state index in [-0.39, 0.29) is 5.56 Å². The number of benzene rings is 1. The van der Waals surface area contributed by atoms with Crippen LogP contribution in [-0.2, 0) is 13.6 Å². The minimum atomic E-state index is -0.126. The Hall–Kier alpha value is -2.76. The second-order valence-corrected chi connectivity index (χ2v) is 4.98. The van der Waals surface area contributed by atoms with Crippen LogP contribution in [0.2, 0.25) is 0 Å². The van der Waals surface area contributed by atoms with Gasteiger partial charge in [-0.2, -0.15) is 5.10 Å². The molecule has 6 nitrogen and oxygen atoms in total. The number of H-pyrrole nitrogens is 2. The fraction of sp³-hybridized carbons (Fsp3) is 0.200. The fourth-order valence-corrected chi connectivity index (χ4v) is 2.17. The fourth-order valence-electron chi connectivity index (χ4n) is 2.17. The number of anilines is 1. The van der Waals surface area contributed by atoms with Gasteiger partial charge in [-0.15, -0.1) is 0 Å². The highest BCUT2D eigenvalue weighted by Crippen LogP contribution is 2.18. The van der Waals surface area contributed by atoms with Crippen LogP contribution in [0, 0.1) is 6.92 Å². The van der Waals surface area contributed by atoms with E-state index in [0.29, 0.717) is 0 Å². The topological polar surface area (TPSA) is 78.5 Å². The summed E-state index contributed by atoms with van der Waals surface area (Å²) in [6, 6.07) is 9.47. The predicted octanol–water partition coefficient (Wildman–Crippen LogP) is 2.02. The molecule has 108 valence electrons. The minimum absolute atomic E-state index is 0.126. The van der Waals surface area contributed by atoms with E-state index in [1.807, 2.05) is 42.2 Å². The average Bonchev–Trinajstić information content (AvgIpc) is 3.06. The first kappa shape index (κ1) is 13.2. The summed E-state index contributed by atoms with van der Waals surface area (Å²) in [5, 5.41) is 13.0. The van der Waals surface area contributed by atoms with Gasteiger partial charge >= 0.3 is 0 Å². The first-order valence-electron chi connectivity index (χ1n) is 6.73. The van der Waals surface area contributed by atoms with Gasteiger partial charge in [0.15, 0.2) is 0 Å². The summed E-state index contributed by atoms with van der Waals surface area (Å²) in [7, 11) is 1.94. The number of aromatic amines is 2. The van der Waals surface area contributed by atoms with E-state index in [4.69, 9.17) is 0 Å². The monoisotopic (exact) mass is 283 g/mol. The summed E-state index contributed by atoms with van der Waals surface area (Å²) in [6.07, 6.45) is 1.88. The molecule has 6 heteroatoms. The molecule has 0 aliphatic rings. The van der Waals surface area contributed by atoms with E-state index in [1.165, 1.54) is 5.56 Å². The second-order valence-electron chi connectivity index (χ2n) is 4.98. The quantitative estimate of drug-likeness (QED) is 0.685. The number of hydrogen-bond donors (Lipinski definition) is 3. The number of nitrogens with zero attached hydrogens (tertiary/aromatic N) is 2. The Morgan fingerprint density at radius 2 is 2.00 bits per heavy atom. The Kier molecular flexibility index (Phi) is 3.35. The first-order valence-corrected chi connectivity index (χ1v) is 6.73. The molecule has 0 bridgehead atoms. The third-order valence-electron chi connectivity index (χ3n) is 3.61. The third kappa shape index (κ3) is 2.74. The van der Waals surface area contributed by atoms with Gasteiger partial charge in [0.1, 0.15) is 0 Å². The van der Waals surface area contributed by atoms with Crippen molar-refractivity contribution in [3.8, 4) is 11.3 Å². The number of nitrogens with one attached hydrogen (secondary N) is 3. The number of aryl methyl sites for hydroxylation is 1. The standard InChI is InChI=1S/C15H17N5O/c1-10-12(9-17-20(10)2)8-16-13-5-3-11(4-6-13)14-7-15(21)19-18-14/h3-7,9,16H,8H2,1-2H3,(H2,18,19,21). The molecule has 3 N–H and O–H groups in total. The van der Waals surface area contributed by atoms with Crippen LogP contribution in [0.1, 0.15) is 11.3 Å². The highest BCUT2D eigenvalue weighted by Gasteiger charge is 2.04. The van der Waals surface area contributed by atoms with Crippen LogP contribution in [0.5, 0.6) is 0 Å². The summed E-state index contributed by atoms with van der Waals surface area (Å²) < 4.78 is 1.86. The number of aromatic nitrogens is 4. The molecule has 0 aliphatic heterocycles. The van der Waals surface area contributed by atoms with Gasteiger partial charge in [-0.05, 0) is 24.6 Å². The molecule has 0 unspecified atom stereocenters. The van der Waals surface area contributed by atoms with Gasteiger partial charge in [-0.3, -0.25) is 19.7 Å². The van der Waals surface area contributed by atoms with Crippen molar-refractivity contribution < 1.29 is 0 Å². The molecular formula is C15H17N5O. The third-order valence-corrected chi connectivity index (χ3v) is 3.61. The lowest BCUT2D eigenvalue weighted by Crippen LogP contribution is -2.01. The van der Waals surface area contributed by atoms with Gasteiger partial charge in [-0.25, -0.2) is 0 Å². The zero-order valence-corrected chi connectivity index (χ0v) is 12.0. The Balaban J connectivity index is 1.70. The molecule has 0 atom stereocenters. The van der Waals surface area contributed by atoms with E-state index in [1.54, 1.807) is 6.07 Å². The molecule has 0 saturated carbocycles. The average molecular weight is 283 g/mol. The molecule has 0 fully saturated rings. The molecule has 2 heterocycles. The van der Waals surface area contributed by atoms with Crippen molar-refractivity contribution >= 4 is 5.69 Å². The van der Waals surface area contributed by atoms with Crippen LogP contribution in [0.3, 0.4) is 0 Å². The molecule has 21 heavy (non-hydrogen) atoms. The van der Waals surface area contributed by atoms with Gasteiger partial charge in [0, 0.05) is 36.6 Å². The molecule has 0 amide bonds. The lowest BCUT2D eigenvalue weighted by molar-refractivity contribution is 0.738. The van der Waals surface area contributed by atoms with Crippen molar-refractivity contribution in [3.63, 3.8) is 0 Å². The largest absolute Gasteiger partial charge is 0.381 e. The zero-order valence-electron chi connectivity index (χ0n) is 12.0. The molecular weight excluding hydrogens is 266 g/mol. The molecule has 0 radical (unpaired) electrons. The summed E-state index contributed by atoms with van der Waals surface area (Å²) in [6.45, 7) is 2.79. The van der Waals surface area contributed by atoms with Gasteiger partial charge in [0.25, 0.3) is 5.56 Å². The normalized spacial score (nSPS) is 10.8. The lowest BCUT2D eigenvalue weighted by Gasteiger charge is -2.07. The highest BCUT2D eigenvalue weighted by molar-refractivity contribution is 5.62. The molecule has 1 aromatic carbocycles.